The molecule has 0 aliphatic rings. The Bertz CT molecular complexity index is 568. The Kier molecular flexibility index (Phi) is 3.52. The van der Waals surface area contributed by atoms with Gasteiger partial charge in [-0.1, -0.05) is 11.2 Å². The van der Waals surface area contributed by atoms with Crippen molar-refractivity contribution in [2.75, 3.05) is 0 Å². The van der Waals surface area contributed by atoms with Gasteiger partial charge in [-0.05, 0) is 18.6 Å². The lowest BCUT2D eigenvalue weighted by Gasteiger charge is -2.11. The van der Waals surface area contributed by atoms with E-state index in [0.29, 0.717) is 5.69 Å². The van der Waals surface area contributed by atoms with Gasteiger partial charge in [0.15, 0.2) is 6.10 Å². The number of rotatable bonds is 3. The molecule has 2 aromatic rings. The fourth-order valence-electron chi connectivity index (χ4n) is 1.43. The zero-order chi connectivity index (χ0) is 14.0. The average molecular weight is 273 g/mol. The van der Waals surface area contributed by atoms with Crippen molar-refractivity contribution in [3.05, 3.63) is 29.8 Å². The van der Waals surface area contributed by atoms with Crippen LogP contribution in [-0.2, 0) is 6.42 Å². The van der Waals surface area contributed by atoms with Crippen LogP contribution in [0.3, 0.4) is 0 Å². The third-order valence-corrected chi connectivity index (χ3v) is 2.44. The molecular formula is C11H10F3N3O2. The first-order valence-electron chi connectivity index (χ1n) is 5.37. The summed E-state index contributed by atoms with van der Waals surface area (Å²) in [7, 11) is 0. The molecule has 5 nitrogen and oxygen atoms in total. The van der Waals surface area contributed by atoms with E-state index in [1.807, 2.05) is 0 Å². The predicted molar refractivity (Wildman–Crippen MR) is 58.0 cm³/mol. The highest BCUT2D eigenvalue weighted by molar-refractivity contribution is 5.53. The van der Waals surface area contributed by atoms with E-state index in [1.54, 1.807) is 19.1 Å². The maximum Gasteiger partial charge on any atom is 0.414 e. The molecular weight excluding hydrogens is 263 g/mol. The van der Waals surface area contributed by atoms with Gasteiger partial charge in [0.1, 0.15) is 5.69 Å². The average Bonchev–Trinajstić information content (AvgIpc) is 2.76. The van der Waals surface area contributed by atoms with E-state index in [0.717, 1.165) is 5.56 Å². The van der Waals surface area contributed by atoms with E-state index in [1.165, 1.54) is 6.20 Å². The zero-order valence-corrected chi connectivity index (χ0v) is 9.85. The van der Waals surface area contributed by atoms with E-state index in [2.05, 4.69) is 19.6 Å². The van der Waals surface area contributed by atoms with E-state index in [4.69, 9.17) is 5.11 Å². The van der Waals surface area contributed by atoms with Crippen LogP contribution in [-0.4, -0.2) is 32.5 Å². The summed E-state index contributed by atoms with van der Waals surface area (Å²) in [5, 5.41) is 12.5. The predicted octanol–water partition coefficient (Wildman–Crippen LogP) is 1.91. The van der Waals surface area contributed by atoms with E-state index < -0.39 is 18.7 Å². The number of alkyl halides is 3. The third-order valence-electron chi connectivity index (χ3n) is 2.44. The van der Waals surface area contributed by atoms with E-state index >= 15 is 0 Å². The Morgan fingerprint density at radius 1 is 1.42 bits per heavy atom. The molecule has 2 aromatic heterocycles. The standard InChI is InChI=1S/C11H10F3N3O2/c1-6-3-2-4-15-9(6)10-16-8(19-17-10)5-7(18)11(12,13)14/h2-4,7,18H,5H2,1H3. The molecule has 19 heavy (non-hydrogen) atoms. The molecule has 0 aliphatic carbocycles. The highest BCUT2D eigenvalue weighted by atomic mass is 19.4. The topological polar surface area (TPSA) is 72.0 Å². The SMILES string of the molecule is Cc1cccnc1-c1noc(CC(O)C(F)(F)F)n1. The molecule has 1 unspecified atom stereocenters. The Hall–Kier alpha value is -1.96. The molecule has 8 heteroatoms. The number of aliphatic hydroxyl groups is 1. The van der Waals surface area contributed by atoms with Crippen LogP contribution in [0.4, 0.5) is 13.2 Å². The molecule has 0 spiro atoms. The Labute approximate surface area is 106 Å². The Balaban J connectivity index is 2.19. The van der Waals surface area contributed by atoms with Gasteiger partial charge in [-0.3, -0.25) is 4.98 Å². The van der Waals surface area contributed by atoms with E-state index in [9.17, 15) is 13.2 Å². The molecule has 0 aromatic carbocycles. The fourth-order valence-corrected chi connectivity index (χ4v) is 1.43. The molecule has 0 fully saturated rings. The fraction of sp³-hybridized carbons (Fsp3) is 0.364. The van der Waals surface area contributed by atoms with Crippen LogP contribution in [0.5, 0.6) is 0 Å². The number of aryl methyl sites for hydroxylation is 1. The number of nitrogens with zero attached hydrogens (tertiary/aromatic N) is 3. The van der Waals surface area contributed by atoms with Crippen molar-refractivity contribution >= 4 is 0 Å². The first-order valence-corrected chi connectivity index (χ1v) is 5.37. The van der Waals surface area contributed by atoms with Crippen molar-refractivity contribution in [3.8, 4) is 11.5 Å². The summed E-state index contributed by atoms with van der Waals surface area (Å²) in [4.78, 5) is 7.81. The third kappa shape index (κ3) is 3.08. The second kappa shape index (κ2) is 4.96. The van der Waals surface area contributed by atoms with Crippen molar-refractivity contribution in [2.24, 2.45) is 0 Å². The van der Waals surface area contributed by atoms with Crippen molar-refractivity contribution < 1.29 is 22.8 Å². The number of hydrogen-bond donors (Lipinski definition) is 1. The van der Waals surface area contributed by atoms with Crippen molar-refractivity contribution in [2.45, 2.75) is 25.6 Å². The summed E-state index contributed by atoms with van der Waals surface area (Å²) >= 11 is 0. The van der Waals surface area contributed by atoms with Crippen LogP contribution in [0, 0.1) is 6.92 Å². The molecule has 2 heterocycles. The molecule has 1 N–H and O–H groups in total. The molecule has 0 saturated heterocycles. The van der Waals surface area contributed by atoms with E-state index in [-0.39, 0.29) is 11.7 Å². The van der Waals surface area contributed by atoms with Gasteiger partial charge < -0.3 is 9.63 Å². The molecule has 102 valence electrons. The minimum absolute atomic E-state index is 0.0995. The van der Waals surface area contributed by atoms with Gasteiger partial charge in [-0.2, -0.15) is 18.2 Å². The summed E-state index contributed by atoms with van der Waals surface area (Å²) < 4.78 is 41.2. The minimum atomic E-state index is -4.71. The van der Waals surface area contributed by atoms with Gasteiger partial charge in [0.25, 0.3) is 0 Å². The lowest BCUT2D eigenvalue weighted by atomic mass is 10.2. The van der Waals surface area contributed by atoms with Crippen LogP contribution in [0.2, 0.25) is 0 Å². The molecule has 0 bridgehead atoms. The minimum Gasteiger partial charge on any atom is -0.383 e. The number of hydrogen-bond acceptors (Lipinski definition) is 5. The number of halogens is 3. The normalized spacial score (nSPS) is 13.5. The summed E-state index contributed by atoms with van der Waals surface area (Å²) in [6.45, 7) is 1.77. The van der Waals surface area contributed by atoms with Crippen LogP contribution in [0.1, 0.15) is 11.5 Å². The zero-order valence-electron chi connectivity index (χ0n) is 9.85. The van der Waals surface area contributed by atoms with Crippen LogP contribution < -0.4 is 0 Å². The molecule has 0 saturated carbocycles. The van der Waals surface area contributed by atoms with Gasteiger partial charge in [-0.15, -0.1) is 0 Å². The maximum absolute atomic E-state index is 12.2. The molecule has 0 amide bonds. The van der Waals surface area contributed by atoms with Crippen LogP contribution in [0.15, 0.2) is 22.9 Å². The van der Waals surface area contributed by atoms with Gasteiger partial charge >= 0.3 is 6.18 Å². The molecule has 1 atom stereocenters. The smallest absolute Gasteiger partial charge is 0.383 e. The van der Waals surface area contributed by atoms with Gasteiger partial charge in [-0.25, -0.2) is 0 Å². The highest BCUT2D eigenvalue weighted by Crippen LogP contribution is 2.23. The maximum atomic E-state index is 12.2. The molecule has 0 aliphatic heterocycles. The van der Waals surface area contributed by atoms with Crippen LogP contribution in [0.25, 0.3) is 11.5 Å². The monoisotopic (exact) mass is 273 g/mol. The summed E-state index contributed by atoms with van der Waals surface area (Å²) in [6.07, 6.45) is -6.49. The van der Waals surface area contributed by atoms with Gasteiger partial charge in [0, 0.05) is 6.20 Å². The largest absolute Gasteiger partial charge is 0.414 e. The lowest BCUT2D eigenvalue weighted by molar-refractivity contribution is -0.204. The summed E-state index contributed by atoms with van der Waals surface area (Å²) in [5.41, 5.74) is 1.20. The van der Waals surface area contributed by atoms with Crippen molar-refractivity contribution in [1.29, 1.82) is 0 Å². The number of aromatic nitrogens is 3. The summed E-state index contributed by atoms with van der Waals surface area (Å²) in [5.74, 6) is -0.188. The quantitative estimate of drug-likeness (QED) is 0.924. The first kappa shape index (κ1) is 13.5. The van der Waals surface area contributed by atoms with Crippen LogP contribution >= 0.6 is 0 Å². The molecule has 0 radical (unpaired) electrons. The Morgan fingerprint density at radius 2 is 2.16 bits per heavy atom. The molecule has 2 rings (SSSR count). The van der Waals surface area contributed by atoms with Gasteiger partial charge in [0.05, 0.1) is 6.42 Å². The highest BCUT2D eigenvalue weighted by Gasteiger charge is 2.39. The summed E-state index contributed by atoms with van der Waals surface area (Å²) in [6, 6.07) is 3.48. The van der Waals surface area contributed by atoms with Gasteiger partial charge in [0.2, 0.25) is 11.7 Å². The number of aliphatic hydroxyl groups excluding tert-OH is 1. The lowest BCUT2D eigenvalue weighted by Crippen LogP contribution is -2.30. The second-order valence-corrected chi connectivity index (χ2v) is 3.94. The van der Waals surface area contributed by atoms with Crippen molar-refractivity contribution in [3.63, 3.8) is 0 Å². The Morgan fingerprint density at radius 3 is 2.79 bits per heavy atom. The van der Waals surface area contributed by atoms with Crippen molar-refractivity contribution in [1.82, 2.24) is 15.1 Å². The second-order valence-electron chi connectivity index (χ2n) is 3.94. The number of pyridine rings is 1. The first-order chi connectivity index (χ1) is 8.88.